The fraction of sp³-hybridized carbons (Fsp3) is 0.533. The highest BCUT2D eigenvalue weighted by atomic mass is 16.3. The van der Waals surface area contributed by atoms with Crippen molar-refractivity contribution in [2.75, 3.05) is 13.1 Å². The van der Waals surface area contributed by atoms with Gasteiger partial charge in [0.2, 0.25) is 0 Å². The maximum absolute atomic E-state index is 5.74. The molecule has 0 spiro atoms. The summed E-state index contributed by atoms with van der Waals surface area (Å²) in [5, 5.41) is 3.50. The normalized spacial score (nSPS) is 13.3. The number of nitrogens with two attached hydrogens (primary N) is 1. The van der Waals surface area contributed by atoms with Gasteiger partial charge in [-0.3, -0.25) is 0 Å². The SMILES string of the molecule is Cc1nc2ccc(CCNC(CN)C(C)C)cc2o1. The number of hydrogen-bond donors (Lipinski definition) is 2. The topological polar surface area (TPSA) is 64.1 Å². The first-order valence-corrected chi connectivity index (χ1v) is 6.89. The maximum Gasteiger partial charge on any atom is 0.192 e. The monoisotopic (exact) mass is 261 g/mol. The first kappa shape index (κ1) is 14.0. The number of rotatable bonds is 6. The van der Waals surface area contributed by atoms with Crippen LogP contribution < -0.4 is 11.1 Å². The summed E-state index contributed by atoms with van der Waals surface area (Å²) in [6.45, 7) is 7.86. The van der Waals surface area contributed by atoms with Gasteiger partial charge in [0, 0.05) is 19.5 Å². The van der Waals surface area contributed by atoms with E-state index in [4.69, 9.17) is 10.2 Å². The summed E-state index contributed by atoms with van der Waals surface area (Å²) >= 11 is 0. The fourth-order valence-electron chi connectivity index (χ4n) is 2.23. The number of aromatic nitrogens is 1. The van der Waals surface area contributed by atoms with Gasteiger partial charge in [-0.05, 0) is 36.6 Å². The summed E-state index contributed by atoms with van der Waals surface area (Å²) in [4.78, 5) is 4.30. The second-order valence-corrected chi connectivity index (χ2v) is 5.33. The van der Waals surface area contributed by atoms with Crippen molar-refractivity contribution in [2.45, 2.75) is 33.2 Å². The number of nitrogens with zero attached hydrogens (tertiary/aromatic N) is 1. The molecule has 1 atom stereocenters. The molecule has 0 aliphatic heterocycles. The van der Waals surface area contributed by atoms with E-state index in [1.807, 2.05) is 13.0 Å². The maximum atomic E-state index is 5.74. The number of aryl methyl sites for hydroxylation is 1. The third kappa shape index (κ3) is 3.55. The lowest BCUT2D eigenvalue weighted by molar-refractivity contribution is 0.409. The molecular weight excluding hydrogens is 238 g/mol. The molecule has 104 valence electrons. The lowest BCUT2D eigenvalue weighted by atomic mass is 10.0. The van der Waals surface area contributed by atoms with E-state index in [2.05, 4.69) is 36.3 Å². The van der Waals surface area contributed by atoms with Crippen molar-refractivity contribution in [1.82, 2.24) is 10.3 Å². The summed E-state index contributed by atoms with van der Waals surface area (Å²) in [5.41, 5.74) is 8.80. The van der Waals surface area contributed by atoms with Crippen molar-refractivity contribution < 1.29 is 4.42 Å². The van der Waals surface area contributed by atoms with Crippen LogP contribution in [0.1, 0.15) is 25.3 Å². The Kier molecular flexibility index (Phi) is 4.56. The van der Waals surface area contributed by atoms with Gasteiger partial charge in [0.1, 0.15) is 5.52 Å². The van der Waals surface area contributed by atoms with Crippen LogP contribution >= 0.6 is 0 Å². The molecule has 0 aliphatic carbocycles. The molecule has 0 saturated carbocycles. The van der Waals surface area contributed by atoms with Crippen molar-refractivity contribution in [3.63, 3.8) is 0 Å². The molecule has 0 fully saturated rings. The molecule has 19 heavy (non-hydrogen) atoms. The number of hydrogen-bond acceptors (Lipinski definition) is 4. The Labute approximate surface area is 114 Å². The summed E-state index contributed by atoms with van der Waals surface area (Å²) in [6, 6.07) is 6.59. The molecule has 0 amide bonds. The number of benzene rings is 1. The molecule has 4 nitrogen and oxygen atoms in total. The summed E-state index contributed by atoms with van der Waals surface area (Å²) in [7, 11) is 0. The fourth-order valence-corrected chi connectivity index (χ4v) is 2.23. The van der Waals surface area contributed by atoms with Crippen molar-refractivity contribution in [3.8, 4) is 0 Å². The van der Waals surface area contributed by atoms with Crippen LogP contribution in [0.15, 0.2) is 22.6 Å². The van der Waals surface area contributed by atoms with E-state index in [-0.39, 0.29) is 0 Å². The van der Waals surface area contributed by atoms with Gasteiger partial charge in [0.25, 0.3) is 0 Å². The van der Waals surface area contributed by atoms with Crippen LogP contribution in [-0.4, -0.2) is 24.1 Å². The van der Waals surface area contributed by atoms with Crippen LogP contribution in [0.3, 0.4) is 0 Å². The molecule has 0 bridgehead atoms. The Balaban J connectivity index is 1.94. The Bertz CT molecular complexity index is 533. The third-order valence-electron chi connectivity index (χ3n) is 3.44. The highest BCUT2D eigenvalue weighted by molar-refractivity contribution is 5.73. The van der Waals surface area contributed by atoms with Gasteiger partial charge in [0.05, 0.1) is 0 Å². The zero-order valence-electron chi connectivity index (χ0n) is 11.9. The van der Waals surface area contributed by atoms with E-state index < -0.39 is 0 Å². The predicted octanol–water partition coefficient (Wildman–Crippen LogP) is 2.25. The zero-order valence-corrected chi connectivity index (χ0v) is 11.9. The van der Waals surface area contributed by atoms with Crippen LogP contribution in [0.25, 0.3) is 11.1 Å². The largest absolute Gasteiger partial charge is 0.441 e. The van der Waals surface area contributed by atoms with Gasteiger partial charge in [-0.15, -0.1) is 0 Å². The Hall–Kier alpha value is -1.39. The smallest absolute Gasteiger partial charge is 0.192 e. The van der Waals surface area contributed by atoms with Crippen LogP contribution in [0.5, 0.6) is 0 Å². The molecule has 0 aliphatic rings. The van der Waals surface area contributed by atoms with Crippen LogP contribution in [0.4, 0.5) is 0 Å². The number of fused-ring (bicyclic) bond motifs is 1. The van der Waals surface area contributed by atoms with Gasteiger partial charge in [-0.25, -0.2) is 4.98 Å². The van der Waals surface area contributed by atoms with Gasteiger partial charge in [-0.2, -0.15) is 0 Å². The van der Waals surface area contributed by atoms with Crippen molar-refractivity contribution >= 4 is 11.1 Å². The molecule has 2 aromatic rings. The number of oxazole rings is 1. The molecule has 1 unspecified atom stereocenters. The molecular formula is C15H23N3O. The highest BCUT2D eigenvalue weighted by Gasteiger charge is 2.10. The van der Waals surface area contributed by atoms with E-state index >= 15 is 0 Å². The van der Waals surface area contributed by atoms with Crippen molar-refractivity contribution in [3.05, 3.63) is 29.7 Å². The van der Waals surface area contributed by atoms with E-state index in [1.54, 1.807) is 0 Å². The molecule has 4 heteroatoms. The van der Waals surface area contributed by atoms with Gasteiger partial charge < -0.3 is 15.5 Å². The van der Waals surface area contributed by atoms with Gasteiger partial charge >= 0.3 is 0 Å². The molecule has 1 heterocycles. The Morgan fingerprint density at radius 3 is 2.84 bits per heavy atom. The number of nitrogens with one attached hydrogen (secondary N) is 1. The molecule has 2 rings (SSSR count). The quantitative estimate of drug-likeness (QED) is 0.837. The minimum absolute atomic E-state index is 0.385. The third-order valence-corrected chi connectivity index (χ3v) is 3.44. The molecule has 0 radical (unpaired) electrons. The molecule has 3 N–H and O–H groups in total. The van der Waals surface area contributed by atoms with Crippen molar-refractivity contribution in [1.29, 1.82) is 0 Å². The van der Waals surface area contributed by atoms with Gasteiger partial charge in [-0.1, -0.05) is 19.9 Å². The molecule has 0 saturated heterocycles. The second-order valence-electron chi connectivity index (χ2n) is 5.33. The highest BCUT2D eigenvalue weighted by Crippen LogP contribution is 2.17. The first-order chi connectivity index (χ1) is 9.10. The lowest BCUT2D eigenvalue weighted by Crippen LogP contribution is -2.41. The van der Waals surface area contributed by atoms with E-state index in [1.165, 1.54) is 5.56 Å². The second kappa shape index (κ2) is 6.17. The first-order valence-electron chi connectivity index (χ1n) is 6.89. The zero-order chi connectivity index (χ0) is 13.8. The van der Waals surface area contributed by atoms with Gasteiger partial charge in [0.15, 0.2) is 11.5 Å². The van der Waals surface area contributed by atoms with E-state index in [9.17, 15) is 0 Å². The van der Waals surface area contributed by atoms with E-state index in [0.29, 0.717) is 24.4 Å². The summed E-state index contributed by atoms with van der Waals surface area (Å²) < 4.78 is 5.54. The predicted molar refractivity (Wildman–Crippen MR) is 78.1 cm³/mol. The minimum Gasteiger partial charge on any atom is -0.441 e. The van der Waals surface area contributed by atoms with Crippen LogP contribution in [0, 0.1) is 12.8 Å². The Morgan fingerprint density at radius 1 is 1.37 bits per heavy atom. The average molecular weight is 261 g/mol. The van der Waals surface area contributed by atoms with E-state index in [0.717, 1.165) is 24.1 Å². The Morgan fingerprint density at radius 2 is 2.16 bits per heavy atom. The molecule has 1 aromatic carbocycles. The summed E-state index contributed by atoms with van der Waals surface area (Å²) in [6.07, 6.45) is 0.971. The standard InChI is InChI=1S/C15H23N3O/c1-10(2)14(9-16)17-7-6-12-4-5-13-15(8-12)19-11(3)18-13/h4-5,8,10,14,17H,6-7,9,16H2,1-3H3. The van der Waals surface area contributed by atoms with Crippen LogP contribution in [0.2, 0.25) is 0 Å². The molecule has 1 aromatic heterocycles. The minimum atomic E-state index is 0.385. The van der Waals surface area contributed by atoms with Crippen LogP contribution in [-0.2, 0) is 6.42 Å². The lowest BCUT2D eigenvalue weighted by Gasteiger charge is -2.20. The summed E-state index contributed by atoms with van der Waals surface area (Å²) in [5.74, 6) is 1.28. The van der Waals surface area contributed by atoms with Crippen molar-refractivity contribution in [2.24, 2.45) is 11.7 Å². The average Bonchev–Trinajstić information content (AvgIpc) is 2.73.